The van der Waals surface area contributed by atoms with Crippen LogP contribution in [0.4, 0.5) is 4.39 Å². The number of rotatable bonds is 5. The van der Waals surface area contributed by atoms with Crippen LogP contribution in [-0.4, -0.2) is 27.1 Å². The zero-order valence-electron chi connectivity index (χ0n) is 17.3. The van der Waals surface area contributed by atoms with Gasteiger partial charge in [0.25, 0.3) is 0 Å². The summed E-state index contributed by atoms with van der Waals surface area (Å²) in [5, 5.41) is 0.376. The van der Waals surface area contributed by atoms with Gasteiger partial charge in [-0.15, -0.1) is 0 Å². The van der Waals surface area contributed by atoms with Gasteiger partial charge in [0.2, 0.25) is 0 Å². The summed E-state index contributed by atoms with van der Waals surface area (Å²) in [5.74, 6) is -0.286. The van der Waals surface area contributed by atoms with Crippen molar-refractivity contribution in [1.82, 2.24) is 14.5 Å². The van der Waals surface area contributed by atoms with Crippen molar-refractivity contribution < 1.29 is 13.9 Å². The van der Waals surface area contributed by atoms with E-state index < -0.39 is 11.8 Å². The minimum absolute atomic E-state index is 0.0628. The number of hydrogen-bond acceptors (Lipinski definition) is 4. The molecule has 0 saturated carbocycles. The zero-order valence-corrected chi connectivity index (χ0v) is 18.8. The number of aryl methyl sites for hydroxylation is 1. The summed E-state index contributed by atoms with van der Waals surface area (Å²) in [6.45, 7) is 3.84. The Labute approximate surface area is 194 Å². The van der Waals surface area contributed by atoms with Gasteiger partial charge in [0.1, 0.15) is 17.5 Å². The molecule has 32 heavy (non-hydrogen) atoms. The molecular weight excluding hydrogens is 452 g/mol. The van der Waals surface area contributed by atoms with Crippen molar-refractivity contribution in [3.05, 3.63) is 87.9 Å². The molecule has 0 aliphatic carbocycles. The molecule has 0 bridgehead atoms. The van der Waals surface area contributed by atoms with Gasteiger partial charge in [-0.2, -0.15) is 0 Å². The first-order valence-corrected chi connectivity index (χ1v) is 10.6. The molecule has 0 aliphatic heterocycles. The summed E-state index contributed by atoms with van der Waals surface area (Å²) >= 11 is 12.3. The van der Waals surface area contributed by atoms with Crippen molar-refractivity contribution in [2.75, 3.05) is 6.61 Å². The van der Waals surface area contributed by atoms with E-state index in [1.807, 2.05) is 31.2 Å². The average molecular weight is 470 g/mol. The molecular formula is C24H18Cl2FN3O2. The van der Waals surface area contributed by atoms with Crippen LogP contribution in [-0.2, 0) is 4.74 Å². The molecule has 162 valence electrons. The molecule has 0 unspecified atom stereocenters. The van der Waals surface area contributed by atoms with Crippen LogP contribution in [0.2, 0.25) is 10.0 Å². The minimum atomic E-state index is -0.613. The van der Waals surface area contributed by atoms with Crippen LogP contribution in [0.15, 0.2) is 60.8 Å². The van der Waals surface area contributed by atoms with Crippen LogP contribution in [0.1, 0.15) is 23.0 Å². The van der Waals surface area contributed by atoms with E-state index in [-0.39, 0.29) is 17.3 Å². The number of imidazole rings is 1. The molecule has 8 heteroatoms. The van der Waals surface area contributed by atoms with Gasteiger partial charge in [-0.25, -0.2) is 19.2 Å². The van der Waals surface area contributed by atoms with Gasteiger partial charge in [-0.3, -0.25) is 4.57 Å². The Morgan fingerprint density at radius 1 is 1.09 bits per heavy atom. The maximum Gasteiger partial charge on any atom is 0.359 e. The third-order valence-electron chi connectivity index (χ3n) is 4.75. The lowest BCUT2D eigenvalue weighted by Gasteiger charge is -2.13. The lowest BCUT2D eigenvalue weighted by Crippen LogP contribution is -2.08. The van der Waals surface area contributed by atoms with Crippen LogP contribution in [0.5, 0.6) is 0 Å². The Kier molecular flexibility index (Phi) is 6.26. The highest BCUT2D eigenvalue weighted by Crippen LogP contribution is 2.35. The molecule has 0 fully saturated rings. The SMILES string of the molecule is CCOC(=O)c1nc(-c2cccc(C)c2)n(-c2cc(Cl)ccn2)c1-c1ccc(F)c(Cl)c1. The number of nitrogens with zero attached hydrogens (tertiary/aromatic N) is 3. The third kappa shape index (κ3) is 4.24. The molecule has 0 atom stereocenters. The van der Waals surface area contributed by atoms with Gasteiger partial charge in [0.05, 0.1) is 17.3 Å². The van der Waals surface area contributed by atoms with Gasteiger partial charge in [0, 0.05) is 28.4 Å². The maximum absolute atomic E-state index is 13.9. The van der Waals surface area contributed by atoms with Crippen molar-refractivity contribution in [3.8, 4) is 28.5 Å². The highest BCUT2D eigenvalue weighted by atomic mass is 35.5. The highest BCUT2D eigenvalue weighted by molar-refractivity contribution is 6.31. The second-order valence-electron chi connectivity index (χ2n) is 7.02. The van der Waals surface area contributed by atoms with Gasteiger partial charge < -0.3 is 4.74 Å². The molecule has 2 aromatic carbocycles. The molecule has 0 aliphatic rings. The summed E-state index contributed by atoms with van der Waals surface area (Å²) in [7, 11) is 0. The molecule has 4 rings (SSSR count). The Bertz CT molecular complexity index is 1320. The van der Waals surface area contributed by atoms with E-state index in [4.69, 9.17) is 27.9 Å². The number of hydrogen-bond donors (Lipinski definition) is 0. The maximum atomic E-state index is 13.9. The molecule has 0 spiro atoms. The predicted octanol–water partition coefficient (Wildman–Crippen LogP) is 6.53. The molecule has 5 nitrogen and oxygen atoms in total. The highest BCUT2D eigenvalue weighted by Gasteiger charge is 2.27. The number of benzene rings is 2. The van der Waals surface area contributed by atoms with Gasteiger partial charge in [-0.1, -0.05) is 47.0 Å². The molecule has 4 aromatic rings. The lowest BCUT2D eigenvalue weighted by molar-refractivity contribution is 0.0521. The fraction of sp³-hybridized carbons (Fsp3) is 0.125. The smallest absolute Gasteiger partial charge is 0.359 e. The second-order valence-corrected chi connectivity index (χ2v) is 7.86. The minimum Gasteiger partial charge on any atom is -0.461 e. The van der Waals surface area contributed by atoms with Crippen molar-refractivity contribution >= 4 is 29.2 Å². The number of aromatic nitrogens is 3. The van der Waals surface area contributed by atoms with E-state index in [1.54, 1.807) is 29.8 Å². The summed E-state index contributed by atoms with van der Waals surface area (Å²) < 4.78 is 20.9. The van der Waals surface area contributed by atoms with Gasteiger partial charge >= 0.3 is 5.97 Å². The average Bonchev–Trinajstić information content (AvgIpc) is 3.17. The standard InChI is InChI=1S/C24H18Cl2FN3O2/c1-3-32-24(31)21-22(15-7-8-19(27)18(26)12-15)30(20-13-17(25)9-10-28-20)23(29-21)16-6-4-5-14(2)11-16/h4-13H,3H2,1-2H3. The number of ether oxygens (including phenoxy) is 1. The number of pyridine rings is 1. The number of carbonyl (C=O) groups excluding carboxylic acids is 1. The second kappa shape index (κ2) is 9.10. The first kappa shape index (κ1) is 22.0. The van der Waals surface area contributed by atoms with Gasteiger partial charge in [0.15, 0.2) is 5.69 Å². The molecule has 0 amide bonds. The summed E-state index contributed by atoms with van der Waals surface area (Å²) in [4.78, 5) is 22.0. The van der Waals surface area contributed by atoms with Crippen LogP contribution < -0.4 is 0 Å². The van der Waals surface area contributed by atoms with E-state index >= 15 is 0 Å². The van der Waals surface area contributed by atoms with Crippen LogP contribution in [0, 0.1) is 12.7 Å². The van der Waals surface area contributed by atoms with Crippen LogP contribution >= 0.6 is 23.2 Å². The first-order valence-electron chi connectivity index (χ1n) is 9.83. The quantitative estimate of drug-likeness (QED) is 0.311. The molecule has 2 aromatic heterocycles. The Morgan fingerprint density at radius 2 is 1.91 bits per heavy atom. The topological polar surface area (TPSA) is 57.0 Å². The van der Waals surface area contributed by atoms with Crippen LogP contribution in [0.3, 0.4) is 0 Å². The van der Waals surface area contributed by atoms with Crippen molar-refractivity contribution in [2.24, 2.45) is 0 Å². The Hall–Kier alpha value is -3.22. The normalized spacial score (nSPS) is 10.9. The summed E-state index contributed by atoms with van der Waals surface area (Å²) in [6.07, 6.45) is 1.56. The molecule has 0 radical (unpaired) electrons. The van der Waals surface area contributed by atoms with E-state index in [0.717, 1.165) is 11.1 Å². The molecule has 0 saturated heterocycles. The van der Waals surface area contributed by atoms with Crippen molar-refractivity contribution in [1.29, 1.82) is 0 Å². The third-order valence-corrected chi connectivity index (χ3v) is 5.28. The first-order chi connectivity index (χ1) is 15.4. The number of esters is 1. The predicted molar refractivity (Wildman–Crippen MR) is 123 cm³/mol. The largest absolute Gasteiger partial charge is 0.461 e. The number of halogens is 3. The molecule has 2 heterocycles. The fourth-order valence-electron chi connectivity index (χ4n) is 3.39. The zero-order chi connectivity index (χ0) is 22.8. The van der Waals surface area contributed by atoms with E-state index in [1.165, 1.54) is 18.2 Å². The summed E-state index contributed by atoms with van der Waals surface area (Å²) in [5.41, 5.74) is 2.69. The molecule has 0 N–H and O–H groups in total. The number of carbonyl (C=O) groups is 1. The lowest BCUT2D eigenvalue weighted by atomic mass is 10.1. The van der Waals surface area contributed by atoms with Gasteiger partial charge in [-0.05, 0) is 44.2 Å². The van der Waals surface area contributed by atoms with E-state index in [2.05, 4.69) is 9.97 Å². The monoisotopic (exact) mass is 469 g/mol. The fourth-order valence-corrected chi connectivity index (χ4v) is 3.72. The Balaban J connectivity index is 2.11. The van der Waals surface area contributed by atoms with E-state index in [0.29, 0.717) is 27.9 Å². The van der Waals surface area contributed by atoms with E-state index in [9.17, 15) is 9.18 Å². The summed E-state index contributed by atoms with van der Waals surface area (Å²) in [6, 6.07) is 15.2. The van der Waals surface area contributed by atoms with Crippen molar-refractivity contribution in [2.45, 2.75) is 13.8 Å². The van der Waals surface area contributed by atoms with Crippen molar-refractivity contribution in [3.63, 3.8) is 0 Å². The van der Waals surface area contributed by atoms with Crippen LogP contribution in [0.25, 0.3) is 28.5 Å². The Morgan fingerprint density at radius 3 is 2.59 bits per heavy atom.